The van der Waals surface area contributed by atoms with Gasteiger partial charge >= 0.3 is 0 Å². The van der Waals surface area contributed by atoms with E-state index in [1.165, 1.54) is 0 Å². The first-order valence-electron chi connectivity index (χ1n) is 7.93. The second-order valence-corrected chi connectivity index (χ2v) is 6.57. The first-order valence-corrected chi connectivity index (χ1v) is 8.73. The third-order valence-electron chi connectivity index (χ3n) is 3.92. The van der Waals surface area contributed by atoms with Crippen LogP contribution in [0.2, 0.25) is 0 Å². The van der Waals surface area contributed by atoms with Crippen molar-refractivity contribution in [3.05, 3.63) is 51.5 Å². The van der Waals surface area contributed by atoms with E-state index in [4.69, 9.17) is 4.42 Å². The van der Waals surface area contributed by atoms with Gasteiger partial charge in [-0.15, -0.1) is 0 Å². The van der Waals surface area contributed by atoms with Crippen molar-refractivity contribution in [2.45, 2.75) is 26.8 Å². The molecule has 24 heavy (non-hydrogen) atoms. The smallest absolute Gasteiger partial charge is 0.227 e. The van der Waals surface area contributed by atoms with Gasteiger partial charge in [0.2, 0.25) is 5.89 Å². The summed E-state index contributed by atoms with van der Waals surface area (Å²) in [6, 6.07) is 12.0. The van der Waals surface area contributed by atoms with E-state index >= 15 is 0 Å². The van der Waals surface area contributed by atoms with Gasteiger partial charge in [-0.25, -0.2) is 4.98 Å². The number of aromatic nitrogens is 1. The van der Waals surface area contributed by atoms with Crippen molar-refractivity contribution in [1.82, 2.24) is 10.3 Å². The molecule has 0 saturated heterocycles. The minimum absolute atomic E-state index is 0.521. The van der Waals surface area contributed by atoms with E-state index in [-0.39, 0.29) is 0 Å². The fourth-order valence-corrected chi connectivity index (χ4v) is 3.01. The van der Waals surface area contributed by atoms with Crippen LogP contribution in [-0.2, 0) is 6.54 Å². The van der Waals surface area contributed by atoms with E-state index < -0.39 is 0 Å². The highest BCUT2D eigenvalue weighted by Gasteiger charge is 2.15. The van der Waals surface area contributed by atoms with Crippen molar-refractivity contribution in [3.63, 3.8) is 0 Å². The summed E-state index contributed by atoms with van der Waals surface area (Å²) in [4.78, 5) is 4.62. The van der Waals surface area contributed by atoms with Gasteiger partial charge in [0.15, 0.2) is 5.58 Å². The summed E-state index contributed by atoms with van der Waals surface area (Å²) in [6.07, 6.45) is 1.07. The first-order chi connectivity index (χ1) is 11.6. The summed E-state index contributed by atoms with van der Waals surface area (Å²) < 4.78 is 6.92. The Morgan fingerprint density at radius 3 is 2.92 bits per heavy atom. The Labute approximate surface area is 149 Å². The Morgan fingerprint density at radius 1 is 1.33 bits per heavy atom. The Kier molecular flexibility index (Phi) is 4.98. The van der Waals surface area contributed by atoms with Gasteiger partial charge < -0.3 is 9.73 Å². The summed E-state index contributed by atoms with van der Waals surface area (Å²) in [7, 11) is 0. The van der Waals surface area contributed by atoms with Crippen LogP contribution in [0.5, 0.6) is 0 Å². The summed E-state index contributed by atoms with van der Waals surface area (Å²) in [6.45, 7) is 5.80. The fraction of sp³-hybridized carbons (Fsp3) is 0.263. The van der Waals surface area contributed by atoms with Gasteiger partial charge in [-0.2, -0.15) is 5.26 Å². The van der Waals surface area contributed by atoms with E-state index in [1.807, 2.05) is 37.3 Å². The summed E-state index contributed by atoms with van der Waals surface area (Å²) in [5, 5.41) is 12.8. The largest absolute Gasteiger partial charge is 0.435 e. The molecule has 1 aromatic heterocycles. The van der Waals surface area contributed by atoms with Crippen LogP contribution in [0.1, 0.15) is 30.0 Å². The lowest BCUT2D eigenvalue weighted by molar-refractivity contribution is 0.618. The maximum atomic E-state index is 9.44. The van der Waals surface area contributed by atoms with Crippen molar-refractivity contribution in [2.75, 3.05) is 6.54 Å². The molecule has 3 rings (SSSR count). The van der Waals surface area contributed by atoms with Crippen molar-refractivity contribution >= 4 is 27.0 Å². The molecule has 0 unspecified atom stereocenters. The standard InChI is InChI=1S/C19H18BrN3O/c1-3-7-22-11-13-8-14(10-21)18-17(9-13)23-19(24-18)15-5-4-6-16(20)12(15)2/h4-6,8-9,22H,3,7,11H2,1-2H3. The molecule has 0 spiro atoms. The Bertz CT molecular complexity index is 924. The van der Waals surface area contributed by atoms with Crippen LogP contribution < -0.4 is 5.32 Å². The lowest BCUT2D eigenvalue weighted by Crippen LogP contribution is -2.13. The molecule has 0 atom stereocenters. The lowest BCUT2D eigenvalue weighted by atomic mass is 10.1. The van der Waals surface area contributed by atoms with Gasteiger partial charge in [0.05, 0.1) is 5.56 Å². The Morgan fingerprint density at radius 2 is 2.17 bits per heavy atom. The Balaban J connectivity index is 2.07. The highest BCUT2D eigenvalue weighted by molar-refractivity contribution is 9.10. The maximum absolute atomic E-state index is 9.44. The summed E-state index contributed by atoms with van der Waals surface area (Å²) >= 11 is 3.53. The SMILES string of the molecule is CCCNCc1cc(C#N)c2oc(-c3cccc(Br)c3C)nc2c1. The van der Waals surface area contributed by atoms with E-state index in [1.54, 1.807) is 0 Å². The molecule has 1 N–H and O–H groups in total. The molecule has 0 amide bonds. The number of halogens is 1. The topological polar surface area (TPSA) is 61.9 Å². The molecular weight excluding hydrogens is 366 g/mol. The van der Waals surface area contributed by atoms with Crippen LogP contribution in [0.25, 0.3) is 22.6 Å². The van der Waals surface area contributed by atoms with Crippen molar-refractivity contribution in [2.24, 2.45) is 0 Å². The monoisotopic (exact) mass is 383 g/mol. The third-order valence-corrected chi connectivity index (χ3v) is 4.78. The summed E-state index contributed by atoms with van der Waals surface area (Å²) in [5.41, 5.74) is 4.82. The van der Waals surface area contributed by atoms with Crippen LogP contribution in [0, 0.1) is 18.3 Å². The molecule has 0 fully saturated rings. The van der Waals surface area contributed by atoms with Crippen molar-refractivity contribution < 1.29 is 4.42 Å². The van der Waals surface area contributed by atoms with Gasteiger partial charge in [0.25, 0.3) is 0 Å². The predicted octanol–water partition coefficient (Wildman–Crippen LogP) is 4.94. The Hall–Kier alpha value is -2.16. The number of benzene rings is 2. The molecule has 122 valence electrons. The van der Waals surface area contributed by atoms with Crippen LogP contribution in [0.4, 0.5) is 0 Å². The number of nitrogens with one attached hydrogen (secondary N) is 1. The quantitative estimate of drug-likeness (QED) is 0.633. The zero-order valence-electron chi connectivity index (χ0n) is 13.7. The van der Waals surface area contributed by atoms with Crippen LogP contribution in [0.15, 0.2) is 39.2 Å². The number of fused-ring (bicyclic) bond motifs is 1. The molecule has 2 aromatic carbocycles. The highest BCUT2D eigenvalue weighted by atomic mass is 79.9. The van der Waals surface area contributed by atoms with Gasteiger partial charge in [-0.3, -0.25) is 0 Å². The number of rotatable bonds is 5. The number of hydrogen-bond acceptors (Lipinski definition) is 4. The normalized spacial score (nSPS) is 10.9. The third kappa shape index (κ3) is 3.21. The zero-order chi connectivity index (χ0) is 17.1. The molecule has 0 radical (unpaired) electrons. The van der Waals surface area contributed by atoms with Gasteiger partial charge in [0, 0.05) is 16.6 Å². The van der Waals surface area contributed by atoms with E-state index in [9.17, 15) is 5.26 Å². The number of nitriles is 1. The number of nitrogens with zero attached hydrogens (tertiary/aromatic N) is 2. The molecule has 0 aliphatic carbocycles. The highest BCUT2D eigenvalue weighted by Crippen LogP contribution is 2.32. The average molecular weight is 384 g/mol. The molecule has 0 saturated carbocycles. The van der Waals surface area contributed by atoms with E-state index in [0.717, 1.165) is 46.2 Å². The average Bonchev–Trinajstić information content (AvgIpc) is 3.00. The van der Waals surface area contributed by atoms with Crippen molar-refractivity contribution in [1.29, 1.82) is 5.26 Å². The molecule has 4 nitrogen and oxygen atoms in total. The number of hydrogen-bond donors (Lipinski definition) is 1. The van der Waals surface area contributed by atoms with Gasteiger partial charge in [0.1, 0.15) is 11.6 Å². The second-order valence-electron chi connectivity index (χ2n) is 5.71. The van der Waals surface area contributed by atoms with Gasteiger partial charge in [-0.1, -0.05) is 28.9 Å². The van der Waals surface area contributed by atoms with E-state index in [0.29, 0.717) is 17.0 Å². The van der Waals surface area contributed by atoms with Crippen LogP contribution in [0.3, 0.4) is 0 Å². The minimum atomic E-state index is 0.521. The molecule has 1 heterocycles. The molecular formula is C19H18BrN3O. The molecule has 0 aliphatic heterocycles. The fourth-order valence-electron chi connectivity index (χ4n) is 2.64. The molecule has 0 bridgehead atoms. The predicted molar refractivity (Wildman–Crippen MR) is 98.6 cm³/mol. The van der Waals surface area contributed by atoms with Crippen LogP contribution in [-0.4, -0.2) is 11.5 Å². The molecule has 3 aromatic rings. The van der Waals surface area contributed by atoms with Crippen LogP contribution >= 0.6 is 15.9 Å². The molecule has 5 heteroatoms. The molecule has 0 aliphatic rings. The van der Waals surface area contributed by atoms with Crippen molar-refractivity contribution in [3.8, 4) is 17.5 Å². The minimum Gasteiger partial charge on any atom is -0.435 e. The zero-order valence-corrected chi connectivity index (χ0v) is 15.3. The number of oxazole rings is 1. The second kappa shape index (κ2) is 7.16. The van der Waals surface area contributed by atoms with E-state index in [2.05, 4.69) is 39.2 Å². The van der Waals surface area contributed by atoms with Gasteiger partial charge in [-0.05, 0) is 55.3 Å². The first kappa shape index (κ1) is 16.7. The lowest BCUT2D eigenvalue weighted by Gasteiger charge is -2.03. The summed E-state index contributed by atoms with van der Waals surface area (Å²) in [5.74, 6) is 0.541. The maximum Gasteiger partial charge on any atom is 0.227 e.